The van der Waals surface area contributed by atoms with Crippen LogP contribution in [-0.4, -0.2) is 41.9 Å². The van der Waals surface area contributed by atoms with Gasteiger partial charge in [-0.15, -0.1) is 0 Å². The number of methoxy groups -OCH3 is 1. The number of amides is 2. The van der Waals surface area contributed by atoms with E-state index in [4.69, 9.17) is 14.2 Å². The number of nitrogens with one attached hydrogen (secondary N) is 2. The Balaban J connectivity index is 1.44. The summed E-state index contributed by atoms with van der Waals surface area (Å²) in [6, 6.07) is 14.2. The lowest BCUT2D eigenvalue weighted by Crippen LogP contribution is -2.45. The lowest BCUT2D eigenvalue weighted by molar-refractivity contribution is 0.0917. The third-order valence-corrected chi connectivity index (χ3v) is 4.90. The second-order valence-electron chi connectivity index (χ2n) is 6.92. The van der Waals surface area contributed by atoms with Crippen molar-refractivity contribution >= 4 is 6.03 Å². The minimum atomic E-state index is -0.481. The Kier molecular flexibility index (Phi) is 5.74. The quantitative estimate of drug-likeness (QED) is 0.655. The topological polar surface area (TPSA) is 86.6 Å². The lowest BCUT2D eigenvalue weighted by atomic mass is 10.0. The third kappa shape index (κ3) is 4.17. The predicted molar refractivity (Wildman–Crippen MR) is 111 cm³/mol. The molecule has 0 fully saturated rings. The fourth-order valence-electron chi connectivity index (χ4n) is 3.39. The van der Waals surface area contributed by atoms with Crippen molar-refractivity contribution in [2.24, 2.45) is 7.05 Å². The van der Waals surface area contributed by atoms with Crippen LogP contribution in [0.15, 0.2) is 60.9 Å². The van der Waals surface area contributed by atoms with E-state index in [1.807, 2.05) is 66.3 Å². The minimum absolute atomic E-state index is 0.275. The molecule has 0 radical (unpaired) electrons. The highest BCUT2D eigenvalue weighted by Gasteiger charge is 2.25. The number of aryl methyl sites for hydroxylation is 1. The number of aromatic nitrogens is 2. The summed E-state index contributed by atoms with van der Waals surface area (Å²) in [6.07, 6.45) is 3.26. The summed E-state index contributed by atoms with van der Waals surface area (Å²) in [5, 5.41) is 5.87. The van der Waals surface area contributed by atoms with Gasteiger partial charge in [-0.2, -0.15) is 0 Å². The van der Waals surface area contributed by atoms with Gasteiger partial charge >= 0.3 is 6.03 Å². The van der Waals surface area contributed by atoms with Gasteiger partial charge in [-0.3, -0.25) is 0 Å². The van der Waals surface area contributed by atoms with Gasteiger partial charge in [0.05, 0.1) is 13.7 Å². The summed E-state index contributed by atoms with van der Waals surface area (Å²) in [5.41, 5.74) is 0.815. The summed E-state index contributed by atoms with van der Waals surface area (Å²) < 4.78 is 18.9. The molecule has 0 bridgehead atoms. The molecule has 2 heterocycles. The number of imidazole rings is 1. The second-order valence-corrected chi connectivity index (χ2v) is 6.92. The molecule has 0 saturated heterocycles. The van der Waals surface area contributed by atoms with E-state index in [0.717, 1.165) is 5.56 Å². The van der Waals surface area contributed by atoms with E-state index in [1.165, 1.54) is 0 Å². The van der Waals surface area contributed by atoms with Gasteiger partial charge in [0.15, 0.2) is 17.6 Å². The van der Waals surface area contributed by atoms with Gasteiger partial charge in [0.2, 0.25) is 0 Å². The largest absolute Gasteiger partial charge is 0.496 e. The number of hydrogen-bond donors (Lipinski definition) is 2. The van der Waals surface area contributed by atoms with Crippen molar-refractivity contribution in [3.05, 3.63) is 72.3 Å². The molecule has 156 valence electrons. The molecule has 0 saturated carbocycles. The Hall–Kier alpha value is -3.68. The summed E-state index contributed by atoms with van der Waals surface area (Å²) in [7, 11) is 3.49. The summed E-state index contributed by atoms with van der Waals surface area (Å²) in [6.45, 7) is 0.673. The van der Waals surface area contributed by atoms with Crippen molar-refractivity contribution < 1.29 is 19.0 Å². The summed E-state index contributed by atoms with van der Waals surface area (Å²) in [4.78, 5) is 17.1. The van der Waals surface area contributed by atoms with Crippen LogP contribution in [0, 0.1) is 0 Å². The second kappa shape index (κ2) is 8.77. The van der Waals surface area contributed by atoms with Crippen LogP contribution < -0.4 is 24.8 Å². The van der Waals surface area contributed by atoms with E-state index in [0.29, 0.717) is 36.2 Å². The van der Waals surface area contributed by atoms with Crippen LogP contribution in [0.3, 0.4) is 0 Å². The molecular formula is C22H24N4O4. The van der Waals surface area contributed by atoms with Gasteiger partial charge in [-0.05, 0) is 18.2 Å². The molecule has 0 aliphatic carbocycles. The highest BCUT2D eigenvalue weighted by Crippen LogP contribution is 2.31. The first-order chi connectivity index (χ1) is 14.7. The first kappa shape index (κ1) is 19.6. The number of urea groups is 1. The fourth-order valence-corrected chi connectivity index (χ4v) is 3.39. The monoisotopic (exact) mass is 408 g/mol. The van der Waals surface area contributed by atoms with Gasteiger partial charge in [-0.25, -0.2) is 9.78 Å². The van der Waals surface area contributed by atoms with Crippen molar-refractivity contribution in [2.75, 3.05) is 20.3 Å². The highest BCUT2D eigenvalue weighted by molar-refractivity contribution is 5.75. The zero-order valence-electron chi connectivity index (χ0n) is 16.9. The van der Waals surface area contributed by atoms with Crippen LogP contribution in [-0.2, 0) is 7.05 Å². The number of benzene rings is 2. The van der Waals surface area contributed by atoms with Gasteiger partial charge in [0.1, 0.15) is 24.2 Å². The van der Waals surface area contributed by atoms with Crippen molar-refractivity contribution in [1.29, 1.82) is 0 Å². The number of ether oxygens (including phenoxy) is 3. The van der Waals surface area contributed by atoms with Crippen molar-refractivity contribution in [3.8, 4) is 17.2 Å². The Morgan fingerprint density at radius 2 is 2.00 bits per heavy atom. The molecule has 1 aromatic heterocycles. The molecular weight excluding hydrogens is 384 g/mol. The molecule has 0 unspecified atom stereocenters. The lowest BCUT2D eigenvalue weighted by Gasteiger charge is -2.27. The molecule has 8 nitrogen and oxygen atoms in total. The van der Waals surface area contributed by atoms with Crippen LogP contribution in [0.5, 0.6) is 17.2 Å². The average Bonchev–Trinajstić information content (AvgIpc) is 3.21. The maximum Gasteiger partial charge on any atom is 0.315 e. The van der Waals surface area contributed by atoms with E-state index in [2.05, 4.69) is 15.6 Å². The smallest absolute Gasteiger partial charge is 0.315 e. The molecule has 8 heteroatoms. The van der Waals surface area contributed by atoms with Crippen molar-refractivity contribution in [1.82, 2.24) is 20.2 Å². The molecule has 1 aliphatic rings. The fraction of sp³-hybridized carbons (Fsp3) is 0.273. The van der Waals surface area contributed by atoms with E-state index >= 15 is 0 Å². The number of carbonyl (C=O) groups is 1. The highest BCUT2D eigenvalue weighted by atomic mass is 16.6. The van der Waals surface area contributed by atoms with E-state index in [9.17, 15) is 4.79 Å². The SMILES string of the molecule is COc1ccccc1[C@H](NC(=O)NC[C@@H]1COc2ccccc2O1)c1nccn1C. The van der Waals surface area contributed by atoms with Crippen LogP contribution >= 0.6 is 0 Å². The Morgan fingerprint density at radius 3 is 2.77 bits per heavy atom. The molecule has 3 aromatic rings. The maximum absolute atomic E-state index is 12.7. The number of hydrogen-bond acceptors (Lipinski definition) is 5. The van der Waals surface area contributed by atoms with E-state index < -0.39 is 6.04 Å². The van der Waals surface area contributed by atoms with Gasteiger partial charge < -0.3 is 29.4 Å². The molecule has 2 aromatic carbocycles. The average molecular weight is 408 g/mol. The van der Waals surface area contributed by atoms with Crippen LogP contribution in [0.25, 0.3) is 0 Å². The Labute approximate surface area is 174 Å². The standard InChI is InChI=1S/C22H24N4O4/c1-26-12-11-23-21(26)20(16-7-3-4-8-17(16)28-2)25-22(27)24-13-15-14-29-18-9-5-6-10-19(18)30-15/h3-12,15,20H,13-14H2,1-2H3,(H2,24,25,27)/t15-,20+/m1/s1. The molecule has 30 heavy (non-hydrogen) atoms. The first-order valence-corrected chi connectivity index (χ1v) is 9.68. The van der Waals surface area contributed by atoms with Crippen molar-refractivity contribution in [2.45, 2.75) is 12.1 Å². The normalized spacial score (nSPS) is 15.9. The zero-order chi connectivity index (χ0) is 20.9. The van der Waals surface area contributed by atoms with Gasteiger partial charge in [0.25, 0.3) is 0 Å². The predicted octanol–water partition coefficient (Wildman–Crippen LogP) is 2.66. The Morgan fingerprint density at radius 1 is 1.23 bits per heavy atom. The third-order valence-electron chi connectivity index (χ3n) is 4.90. The number of nitrogens with zero attached hydrogens (tertiary/aromatic N) is 2. The molecule has 2 amide bonds. The molecule has 1 aliphatic heterocycles. The van der Waals surface area contributed by atoms with Crippen molar-refractivity contribution in [3.63, 3.8) is 0 Å². The number of carbonyl (C=O) groups excluding carboxylic acids is 1. The number of rotatable bonds is 6. The van der Waals surface area contributed by atoms with Gasteiger partial charge in [-0.1, -0.05) is 30.3 Å². The Bertz CT molecular complexity index is 1020. The molecule has 2 N–H and O–H groups in total. The zero-order valence-corrected chi connectivity index (χ0v) is 16.9. The van der Waals surface area contributed by atoms with Crippen LogP contribution in [0.1, 0.15) is 17.4 Å². The molecule has 0 spiro atoms. The molecule has 4 rings (SSSR count). The van der Waals surface area contributed by atoms with Crippen LogP contribution in [0.4, 0.5) is 4.79 Å². The summed E-state index contributed by atoms with van der Waals surface area (Å²) >= 11 is 0. The minimum Gasteiger partial charge on any atom is -0.496 e. The molecule has 2 atom stereocenters. The number of fused-ring (bicyclic) bond motifs is 1. The maximum atomic E-state index is 12.7. The first-order valence-electron chi connectivity index (χ1n) is 9.68. The summed E-state index contributed by atoms with van der Waals surface area (Å²) in [5.74, 6) is 2.76. The van der Waals surface area contributed by atoms with Crippen LogP contribution in [0.2, 0.25) is 0 Å². The van der Waals surface area contributed by atoms with E-state index in [-0.39, 0.29) is 12.1 Å². The van der Waals surface area contributed by atoms with E-state index in [1.54, 1.807) is 13.3 Å². The number of para-hydroxylation sites is 3. The van der Waals surface area contributed by atoms with Gasteiger partial charge in [0, 0.05) is 25.0 Å².